The highest BCUT2D eigenvalue weighted by Gasteiger charge is 2.53. The first-order valence-electron chi connectivity index (χ1n) is 10.9. The van der Waals surface area contributed by atoms with E-state index in [0.717, 1.165) is 56.0 Å². The van der Waals surface area contributed by atoms with Gasteiger partial charge in [0.1, 0.15) is 0 Å². The number of aryl methyl sites for hydroxylation is 3. The summed E-state index contributed by atoms with van der Waals surface area (Å²) in [5.41, 5.74) is 4.26. The second-order valence-electron chi connectivity index (χ2n) is 9.15. The number of hydrogen-bond donors (Lipinski definition) is 0. The number of hydrogen-bond acceptors (Lipinski definition) is 3. The van der Waals surface area contributed by atoms with Crippen molar-refractivity contribution in [2.45, 2.75) is 40.0 Å². The quantitative estimate of drug-likeness (QED) is 0.768. The summed E-state index contributed by atoms with van der Waals surface area (Å²) in [7, 11) is 0. The summed E-state index contributed by atoms with van der Waals surface area (Å²) in [5, 5.41) is 0. The molecule has 5 heteroatoms. The predicted molar refractivity (Wildman–Crippen MR) is 117 cm³/mol. The molecule has 0 N–H and O–H groups in total. The second kappa shape index (κ2) is 8.21. The second-order valence-corrected chi connectivity index (χ2v) is 9.15. The van der Waals surface area contributed by atoms with Crippen LogP contribution in [0.15, 0.2) is 42.5 Å². The third-order valence-electron chi connectivity index (χ3n) is 6.81. The maximum atomic E-state index is 13.1. The van der Waals surface area contributed by atoms with Gasteiger partial charge in [-0.1, -0.05) is 30.3 Å². The fourth-order valence-corrected chi connectivity index (χ4v) is 5.31. The van der Waals surface area contributed by atoms with Gasteiger partial charge in [0.25, 0.3) is 0 Å². The van der Waals surface area contributed by atoms with Crippen LogP contribution in [0, 0.1) is 25.2 Å². The number of pyridine rings is 1. The molecule has 2 saturated heterocycles. The Morgan fingerprint density at radius 3 is 2.30 bits per heavy atom. The normalized spacial score (nSPS) is 23.0. The molecule has 2 amide bonds. The maximum absolute atomic E-state index is 13.1. The third kappa shape index (κ3) is 4.25. The number of likely N-dealkylation sites (tertiary alicyclic amines) is 2. The van der Waals surface area contributed by atoms with E-state index in [2.05, 4.69) is 29.2 Å². The smallest absolute Gasteiger partial charge is 0.227 e. The van der Waals surface area contributed by atoms with E-state index in [1.807, 2.05) is 41.8 Å². The minimum Gasteiger partial charge on any atom is -0.342 e. The molecule has 4 rings (SSSR count). The van der Waals surface area contributed by atoms with Gasteiger partial charge in [-0.05, 0) is 49.9 Å². The molecule has 0 unspecified atom stereocenters. The first-order chi connectivity index (χ1) is 14.3. The predicted octanol–water partition coefficient (Wildman–Crippen LogP) is 3.18. The highest BCUT2D eigenvalue weighted by atomic mass is 16.2. The summed E-state index contributed by atoms with van der Waals surface area (Å²) in [4.78, 5) is 33.6. The molecule has 2 fully saturated rings. The number of carbonyl (C=O) groups excluding carboxylic acids is 2. The van der Waals surface area contributed by atoms with Crippen molar-refractivity contribution in [3.05, 3.63) is 65.0 Å². The van der Waals surface area contributed by atoms with E-state index in [0.29, 0.717) is 12.3 Å². The highest BCUT2D eigenvalue weighted by molar-refractivity contribution is 5.79. The molecule has 3 heterocycles. The van der Waals surface area contributed by atoms with Crippen LogP contribution in [-0.4, -0.2) is 52.8 Å². The monoisotopic (exact) mass is 405 g/mol. The Morgan fingerprint density at radius 2 is 1.63 bits per heavy atom. The number of nitrogens with zero attached hydrogens (tertiary/aromatic N) is 3. The Bertz CT molecular complexity index is 922. The summed E-state index contributed by atoms with van der Waals surface area (Å²) in [6, 6.07) is 14.5. The lowest BCUT2D eigenvalue weighted by Gasteiger charge is -2.29. The molecule has 158 valence electrons. The molecule has 2 aliphatic heterocycles. The van der Waals surface area contributed by atoms with Crippen molar-refractivity contribution < 1.29 is 9.59 Å². The molecule has 5 nitrogen and oxygen atoms in total. The van der Waals surface area contributed by atoms with Crippen LogP contribution in [0.25, 0.3) is 0 Å². The molecule has 0 aliphatic carbocycles. The van der Waals surface area contributed by atoms with Crippen LogP contribution in [0.1, 0.15) is 35.9 Å². The van der Waals surface area contributed by atoms with E-state index in [9.17, 15) is 9.59 Å². The van der Waals surface area contributed by atoms with E-state index in [-0.39, 0.29) is 17.2 Å². The minimum atomic E-state index is 0.00124. The lowest BCUT2D eigenvalue weighted by Crippen LogP contribution is -2.39. The van der Waals surface area contributed by atoms with Crippen molar-refractivity contribution in [2.24, 2.45) is 11.3 Å². The number of benzene rings is 1. The molecule has 0 saturated carbocycles. The lowest BCUT2D eigenvalue weighted by molar-refractivity contribution is -0.130. The minimum absolute atomic E-state index is 0.00124. The van der Waals surface area contributed by atoms with Gasteiger partial charge in [-0.3, -0.25) is 14.6 Å². The molecule has 0 spiro atoms. The summed E-state index contributed by atoms with van der Waals surface area (Å²) in [6.45, 7) is 8.62. The molecular formula is C25H31N3O2. The van der Waals surface area contributed by atoms with Crippen molar-refractivity contribution in [2.75, 3.05) is 26.2 Å². The summed E-state index contributed by atoms with van der Waals surface area (Å²) >= 11 is 0. The van der Waals surface area contributed by atoms with Crippen molar-refractivity contribution >= 4 is 11.8 Å². The van der Waals surface area contributed by atoms with Gasteiger partial charge in [-0.25, -0.2) is 0 Å². The molecule has 2 aliphatic rings. The lowest BCUT2D eigenvalue weighted by atomic mass is 9.76. The summed E-state index contributed by atoms with van der Waals surface area (Å²) in [5.74, 6) is 0.682. The molecule has 2 aromatic rings. The van der Waals surface area contributed by atoms with Crippen LogP contribution in [0.3, 0.4) is 0 Å². The average Bonchev–Trinajstić information content (AvgIpc) is 3.21. The van der Waals surface area contributed by atoms with Crippen molar-refractivity contribution in [3.8, 4) is 0 Å². The van der Waals surface area contributed by atoms with Crippen LogP contribution in [-0.2, 0) is 22.4 Å². The third-order valence-corrected chi connectivity index (χ3v) is 6.81. The van der Waals surface area contributed by atoms with E-state index in [4.69, 9.17) is 0 Å². The zero-order valence-corrected chi connectivity index (χ0v) is 18.2. The van der Waals surface area contributed by atoms with Gasteiger partial charge < -0.3 is 9.80 Å². The van der Waals surface area contributed by atoms with Gasteiger partial charge in [0.05, 0.1) is 6.42 Å². The number of aromatic nitrogens is 1. The Morgan fingerprint density at radius 1 is 1.00 bits per heavy atom. The number of rotatable bonds is 5. The van der Waals surface area contributed by atoms with Crippen molar-refractivity contribution in [1.29, 1.82) is 0 Å². The SMILES string of the molecule is CC(=O)N1C[C@@H]2CN(C(=O)Cc3cc(C)nc(C)c3)C[C@]2(CCc2ccccc2)C1. The van der Waals surface area contributed by atoms with Crippen LogP contribution in [0.4, 0.5) is 0 Å². The zero-order chi connectivity index (χ0) is 21.3. The summed E-state index contributed by atoms with van der Waals surface area (Å²) < 4.78 is 0. The van der Waals surface area contributed by atoms with Crippen molar-refractivity contribution in [1.82, 2.24) is 14.8 Å². The largest absolute Gasteiger partial charge is 0.342 e. The van der Waals surface area contributed by atoms with Crippen molar-refractivity contribution in [3.63, 3.8) is 0 Å². The Balaban J connectivity index is 1.48. The van der Waals surface area contributed by atoms with Gasteiger partial charge in [0.15, 0.2) is 0 Å². The van der Waals surface area contributed by atoms with Gasteiger partial charge in [-0.2, -0.15) is 0 Å². The Kier molecular flexibility index (Phi) is 5.63. The average molecular weight is 406 g/mol. The Hall–Kier alpha value is -2.69. The van der Waals surface area contributed by atoms with Gasteiger partial charge >= 0.3 is 0 Å². The van der Waals surface area contributed by atoms with E-state index < -0.39 is 0 Å². The van der Waals surface area contributed by atoms with Crippen LogP contribution < -0.4 is 0 Å². The maximum Gasteiger partial charge on any atom is 0.227 e. The fraction of sp³-hybridized carbons (Fsp3) is 0.480. The summed E-state index contributed by atoms with van der Waals surface area (Å²) in [6.07, 6.45) is 2.40. The zero-order valence-electron chi connectivity index (χ0n) is 18.2. The van der Waals surface area contributed by atoms with Gasteiger partial charge in [0.2, 0.25) is 11.8 Å². The standard InChI is InChI=1S/C25H31N3O2/c1-18-11-22(12-19(2)26-18)13-24(30)28-15-23-14-27(20(3)29)16-25(23,17-28)10-9-21-7-5-4-6-8-21/h4-8,11-12,23H,9-10,13-17H2,1-3H3/t23-,25+/m1/s1. The Labute approximate surface area is 179 Å². The highest BCUT2D eigenvalue weighted by Crippen LogP contribution is 2.46. The molecule has 30 heavy (non-hydrogen) atoms. The van der Waals surface area contributed by atoms with E-state index >= 15 is 0 Å². The van der Waals surface area contributed by atoms with Crippen LogP contribution >= 0.6 is 0 Å². The molecular weight excluding hydrogens is 374 g/mol. The molecule has 0 bridgehead atoms. The number of fused-ring (bicyclic) bond motifs is 1. The number of carbonyl (C=O) groups is 2. The molecule has 2 atom stereocenters. The first kappa shape index (κ1) is 20.6. The molecule has 1 aromatic carbocycles. The van der Waals surface area contributed by atoms with Crippen LogP contribution in [0.2, 0.25) is 0 Å². The van der Waals surface area contributed by atoms with Gasteiger partial charge in [-0.15, -0.1) is 0 Å². The van der Waals surface area contributed by atoms with E-state index in [1.54, 1.807) is 6.92 Å². The molecule has 0 radical (unpaired) electrons. The first-order valence-corrected chi connectivity index (χ1v) is 10.9. The van der Waals surface area contributed by atoms with E-state index in [1.165, 1.54) is 5.56 Å². The van der Waals surface area contributed by atoms with Crippen LogP contribution in [0.5, 0.6) is 0 Å². The number of amides is 2. The fourth-order valence-electron chi connectivity index (χ4n) is 5.31. The molecule has 1 aromatic heterocycles. The van der Waals surface area contributed by atoms with Gasteiger partial charge in [0, 0.05) is 55.8 Å². The topological polar surface area (TPSA) is 53.5 Å².